The summed E-state index contributed by atoms with van der Waals surface area (Å²) in [7, 11) is 0. The Morgan fingerprint density at radius 2 is 2.14 bits per heavy atom. The van der Waals surface area contributed by atoms with Crippen LogP contribution in [0.15, 0.2) is 0 Å². The molecular weight excluding hydrogens is 192 g/mol. The van der Waals surface area contributed by atoms with Gasteiger partial charge in [-0.25, -0.2) is 4.98 Å². The van der Waals surface area contributed by atoms with Crippen LogP contribution in [0.4, 0.5) is 0 Å². The van der Waals surface area contributed by atoms with Gasteiger partial charge in [0.2, 0.25) is 0 Å². The molecule has 0 saturated carbocycles. The lowest BCUT2D eigenvalue weighted by atomic mass is 10.1. The number of rotatable bonds is 5. The lowest BCUT2D eigenvalue weighted by Gasteiger charge is -1.98. The van der Waals surface area contributed by atoms with Crippen molar-refractivity contribution < 1.29 is 0 Å². The second-order valence-corrected chi connectivity index (χ2v) is 5.16. The maximum Gasteiger partial charge on any atom is 0.0934 e. The van der Waals surface area contributed by atoms with E-state index in [0.29, 0.717) is 5.92 Å². The van der Waals surface area contributed by atoms with Crippen LogP contribution in [0.5, 0.6) is 0 Å². The second kappa shape index (κ2) is 5.47. The maximum atomic E-state index is 4.58. The molecule has 0 aliphatic carbocycles. The summed E-state index contributed by atoms with van der Waals surface area (Å²) < 4.78 is 0. The Kier molecular flexibility index (Phi) is 4.55. The molecule has 80 valence electrons. The molecule has 0 fully saturated rings. The first-order chi connectivity index (χ1) is 6.63. The summed E-state index contributed by atoms with van der Waals surface area (Å²) >= 11 is 1.85. The van der Waals surface area contributed by atoms with Crippen molar-refractivity contribution >= 4 is 11.3 Å². The lowest BCUT2D eigenvalue weighted by molar-refractivity contribution is 0.643. The number of thiazole rings is 1. The lowest BCUT2D eigenvalue weighted by Crippen LogP contribution is -2.11. The molecule has 1 heterocycles. The van der Waals surface area contributed by atoms with E-state index in [0.717, 1.165) is 19.5 Å². The Hall–Kier alpha value is -0.410. The normalized spacial score (nSPS) is 11.2. The maximum absolute atomic E-state index is 4.58. The molecule has 1 aromatic rings. The highest BCUT2D eigenvalue weighted by molar-refractivity contribution is 7.11. The summed E-state index contributed by atoms with van der Waals surface area (Å²) in [4.78, 5) is 5.97. The Balaban J connectivity index is 2.62. The minimum absolute atomic E-state index is 0.701. The average Bonchev–Trinajstić information content (AvgIpc) is 2.41. The zero-order valence-electron chi connectivity index (χ0n) is 9.55. The van der Waals surface area contributed by atoms with E-state index in [1.165, 1.54) is 15.6 Å². The zero-order chi connectivity index (χ0) is 10.6. The van der Waals surface area contributed by atoms with Gasteiger partial charge in [0.15, 0.2) is 0 Å². The Labute approximate surface area is 90.8 Å². The standard InChI is InChI=1S/C11H20N2S/c1-5-12-7-10-9(4)13-11(14-10)6-8(2)3/h8,12H,5-7H2,1-4H3. The molecule has 3 heteroatoms. The van der Waals surface area contributed by atoms with E-state index in [1.54, 1.807) is 0 Å². The molecule has 0 bridgehead atoms. The van der Waals surface area contributed by atoms with Gasteiger partial charge in [0.1, 0.15) is 0 Å². The van der Waals surface area contributed by atoms with Crippen molar-refractivity contribution in [1.82, 2.24) is 10.3 Å². The van der Waals surface area contributed by atoms with Gasteiger partial charge in [-0.3, -0.25) is 0 Å². The van der Waals surface area contributed by atoms with Crippen molar-refractivity contribution in [2.45, 2.75) is 40.7 Å². The highest BCUT2D eigenvalue weighted by Crippen LogP contribution is 2.20. The average molecular weight is 212 g/mol. The van der Waals surface area contributed by atoms with Crippen molar-refractivity contribution in [2.24, 2.45) is 5.92 Å². The molecule has 2 nitrogen and oxygen atoms in total. The van der Waals surface area contributed by atoms with Crippen LogP contribution >= 0.6 is 11.3 Å². The topological polar surface area (TPSA) is 24.9 Å². The molecule has 14 heavy (non-hydrogen) atoms. The van der Waals surface area contributed by atoms with E-state index in [9.17, 15) is 0 Å². The monoisotopic (exact) mass is 212 g/mol. The fourth-order valence-corrected chi connectivity index (χ4v) is 2.58. The van der Waals surface area contributed by atoms with E-state index in [4.69, 9.17) is 0 Å². The predicted molar refractivity (Wildman–Crippen MR) is 62.8 cm³/mol. The van der Waals surface area contributed by atoms with E-state index in [-0.39, 0.29) is 0 Å². The van der Waals surface area contributed by atoms with Crippen LogP contribution in [0.1, 0.15) is 36.3 Å². The number of hydrogen-bond donors (Lipinski definition) is 1. The van der Waals surface area contributed by atoms with E-state index >= 15 is 0 Å². The van der Waals surface area contributed by atoms with Crippen LogP contribution in [-0.4, -0.2) is 11.5 Å². The molecule has 0 aliphatic heterocycles. The molecule has 0 unspecified atom stereocenters. The Morgan fingerprint density at radius 3 is 2.71 bits per heavy atom. The van der Waals surface area contributed by atoms with Crippen LogP contribution in [0, 0.1) is 12.8 Å². The molecule has 1 rings (SSSR count). The van der Waals surface area contributed by atoms with E-state index in [2.05, 4.69) is 38.0 Å². The summed E-state index contributed by atoms with van der Waals surface area (Å²) in [5, 5.41) is 4.63. The van der Waals surface area contributed by atoms with Gasteiger partial charge < -0.3 is 5.32 Å². The first-order valence-electron chi connectivity index (χ1n) is 5.29. The molecule has 0 radical (unpaired) electrons. The molecule has 0 saturated heterocycles. The summed E-state index contributed by atoms with van der Waals surface area (Å²) in [5.41, 5.74) is 1.20. The molecule has 0 aliphatic rings. The van der Waals surface area contributed by atoms with Crippen LogP contribution in [0.3, 0.4) is 0 Å². The van der Waals surface area contributed by atoms with Crippen LogP contribution in [0.2, 0.25) is 0 Å². The van der Waals surface area contributed by atoms with E-state index < -0.39 is 0 Å². The quantitative estimate of drug-likeness (QED) is 0.812. The molecule has 0 aromatic carbocycles. The third-order valence-electron chi connectivity index (χ3n) is 2.06. The molecule has 0 atom stereocenters. The van der Waals surface area contributed by atoms with Gasteiger partial charge in [-0.15, -0.1) is 11.3 Å². The van der Waals surface area contributed by atoms with Crippen molar-refractivity contribution in [1.29, 1.82) is 0 Å². The van der Waals surface area contributed by atoms with Gasteiger partial charge in [-0.2, -0.15) is 0 Å². The molecule has 1 N–H and O–H groups in total. The number of nitrogens with zero attached hydrogens (tertiary/aromatic N) is 1. The largest absolute Gasteiger partial charge is 0.312 e. The van der Waals surface area contributed by atoms with Gasteiger partial charge in [-0.1, -0.05) is 20.8 Å². The van der Waals surface area contributed by atoms with Gasteiger partial charge in [0.05, 0.1) is 10.7 Å². The summed E-state index contributed by atoms with van der Waals surface area (Å²) in [6.07, 6.45) is 1.11. The Bertz CT molecular complexity index is 279. The SMILES string of the molecule is CCNCc1sc(CC(C)C)nc1C. The Morgan fingerprint density at radius 1 is 1.43 bits per heavy atom. The number of aryl methyl sites for hydroxylation is 1. The van der Waals surface area contributed by atoms with Gasteiger partial charge in [0, 0.05) is 17.8 Å². The summed E-state index contributed by atoms with van der Waals surface area (Å²) in [6, 6.07) is 0. The van der Waals surface area contributed by atoms with Crippen molar-refractivity contribution in [3.05, 3.63) is 15.6 Å². The highest BCUT2D eigenvalue weighted by atomic mass is 32.1. The minimum Gasteiger partial charge on any atom is -0.312 e. The number of nitrogens with one attached hydrogen (secondary N) is 1. The van der Waals surface area contributed by atoms with Crippen molar-refractivity contribution in [3.63, 3.8) is 0 Å². The number of aromatic nitrogens is 1. The third kappa shape index (κ3) is 3.39. The highest BCUT2D eigenvalue weighted by Gasteiger charge is 2.07. The minimum atomic E-state index is 0.701. The third-order valence-corrected chi connectivity index (χ3v) is 3.24. The second-order valence-electron chi connectivity index (χ2n) is 3.99. The van der Waals surface area contributed by atoms with Crippen molar-refractivity contribution in [3.8, 4) is 0 Å². The van der Waals surface area contributed by atoms with Crippen LogP contribution in [-0.2, 0) is 13.0 Å². The smallest absolute Gasteiger partial charge is 0.0934 e. The summed E-state index contributed by atoms with van der Waals surface area (Å²) in [6.45, 7) is 10.7. The predicted octanol–water partition coefficient (Wildman–Crippen LogP) is 2.76. The molecule has 0 amide bonds. The van der Waals surface area contributed by atoms with Gasteiger partial charge in [0.25, 0.3) is 0 Å². The first-order valence-corrected chi connectivity index (χ1v) is 6.11. The molecule has 0 spiro atoms. The molecular formula is C11H20N2S. The first kappa shape index (κ1) is 11.7. The van der Waals surface area contributed by atoms with E-state index in [1.807, 2.05) is 11.3 Å². The summed E-state index contributed by atoms with van der Waals surface area (Å²) in [5.74, 6) is 0.701. The fraction of sp³-hybridized carbons (Fsp3) is 0.727. The fourth-order valence-electron chi connectivity index (χ4n) is 1.33. The van der Waals surface area contributed by atoms with Crippen LogP contribution < -0.4 is 5.32 Å². The van der Waals surface area contributed by atoms with Crippen molar-refractivity contribution in [2.75, 3.05) is 6.54 Å². The van der Waals surface area contributed by atoms with Gasteiger partial charge in [-0.05, 0) is 19.4 Å². The van der Waals surface area contributed by atoms with Gasteiger partial charge >= 0.3 is 0 Å². The van der Waals surface area contributed by atoms with Crippen LogP contribution in [0.25, 0.3) is 0 Å². The number of hydrogen-bond acceptors (Lipinski definition) is 3. The zero-order valence-corrected chi connectivity index (χ0v) is 10.4. The molecule has 1 aromatic heterocycles.